The minimum Gasteiger partial charge on any atom is -0.349 e. The van der Waals surface area contributed by atoms with Crippen molar-refractivity contribution in [1.82, 2.24) is 24.3 Å². The zero-order chi connectivity index (χ0) is 20.7. The van der Waals surface area contributed by atoms with E-state index in [1.807, 2.05) is 31.3 Å². The van der Waals surface area contributed by atoms with Crippen LogP contribution in [0.15, 0.2) is 59.8 Å². The molecule has 1 N–H and O–H groups in total. The third-order valence-electron chi connectivity index (χ3n) is 6.07. The molecule has 4 heterocycles. The van der Waals surface area contributed by atoms with E-state index in [9.17, 15) is 9.59 Å². The van der Waals surface area contributed by atoms with Gasteiger partial charge in [0.25, 0.3) is 11.5 Å². The fourth-order valence-electron chi connectivity index (χ4n) is 4.48. The zero-order valence-corrected chi connectivity index (χ0v) is 16.8. The highest BCUT2D eigenvalue weighted by molar-refractivity contribution is 5.94. The normalized spacial score (nSPS) is 19.2. The first kappa shape index (κ1) is 18.5. The first-order valence-electron chi connectivity index (χ1n) is 10.3. The molecule has 0 spiro atoms. The highest BCUT2D eigenvalue weighted by Gasteiger charge is 2.26. The average Bonchev–Trinajstić information content (AvgIpc) is 3.23. The number of pyridine rings is 2. The Hall–Kier alpha value is -3.48. The fraction of sp³-hybridized carbons (Fsp3) is 0.304. The number of aryl methyl sites for hydroxylation is 1. The highest BCUT2D eigenvalue weighted by atomic mass is 16.2. The third kappa shape index (κ3) is 3.16. The molecule has 1 fully saturated rings. The largest absolute Gasteiger partial charge is 0.349 e. The minimum absolute atomic E-state index is 0.0538. The lowest BCUT2D eigenvalue weighted by Gasteiger charge is -2.31. The van der Waals surface area contributed by atoms with Crippen molar-refractivity contribution in [2.24, 2.45) is 0 Å². The summed E-state index contributed by atoms with van der Waals surface area (Å²) in [5.74, 6) is 0.664. The van der Waals surface area contributed by atoms with Gasteiger partial charge < -0.3 is 9.88 Å². The summed E-state index contributed by atoms with van der Waals surface area (Å²) in [6.45, 7) is 1.83. The zero-order valence-electron chi connectivity index (χ0n) is 16.8. The quantitative estimate of drug-likeness (QED) is 0.572. The van der Waals surface area contributed by atoms with Gasteiger partial charge in [0.2, 0.25) is 0 Å². The number of hydrogen-bond donors (Lipinski definition) is 1. The monoisotopic (exact) mass is 401 g/mol. The van der Waals surface area contributed by atoms with E-state index in [4.69, 9.17) is 0 Å². The van der Waals surface area contributed by atoms with Gasteiger partial charge in [-0.1, -0.05) is 6.07 Å². The van der Waals surface area contributed by atoms with Gasteiger partial charge in [0.15, 0.2) is 0 Å². The lowest BCUT2D eigenvalue weighted by molar-refractivity contribution is 0.0920. The van der Waals surface area contributed by atoms with Gasteiger partial charge in [-0.15, -0.1) is 0 Å². The molecule has 7 nitrogen and oxygen atoms in total. The molecule has 7 heteroatoms. The molecule has 0 bridgehead atoms. The van der Waals surface area contributed by atoms with E-state index in [1.165, 1.54) is 10.6 Å². The Morgan fingerprint density at radius 2 is 1.90 bits per heavy atom. The van der Waals surface area contributed by atoms with Crippen LogP contribution in [0.5, 0.6) is 0 Å². The Morgan fingerprint density at radius 3 is 2.73 bits per heavy atom. The van der Waals surface area contributed by atoms with Gasteiger partial charge in [-0.3, -0.25) is 14.0 Å². The van der Waals surface area contributed by atoms with Crippen molar-refractivity contribution in [3.05, 3.63) is 76.6 Å². The van der Waals surface area contributed by atoms with Crippen LogP contribution in [0.4, 0.5) is 0 Å². The van der Waals surface area contributed by atoms with Crippen molar-refractivity contribution in [3.8, 4) is 11.4 Å². The summed E-state index contributed by atoms with van der Waals surface area (Å²) >= 11 is 0. The Labute approximate surface area is 173 Å². The number of aromatic nitrogens is 4. The molecule has 0 saturated heterocycles. The van der Waals surface area contributed by atoms with Crippen LogP contribution in [0.3, 0.4) is 0 Å². The third-order valence-corrected chi connectivity index (χ3v) is 6.07. The Balaban J connectivity index is 1.29. The molecule has 2 aliphatic heterocycles. The van der Waals surface area contributed by atoms with E-state index in [0.29, 0.717) is 11.7 Å². The SMILES string of the molecule is Cc1cccc2ncc(C(=O)NC3CCC(n4cccc5ccnc4-5)CC3)c(=O)n12. The second-order valence-corrected chi connectivity index (χ2v) is 7.96. The molecule has 152 valence electrons. The van der Waals surface area contributed by atoms with E-state index < -0.39 is 0 Å². The van der Waals surface area contributed by atoms with Gasteiger partial charge in [0.1, 0.15) is 17.0 Å². The molecular weight excluding hydrogens is 378 g/mol. The average molecular weight is 401 g/mol. The summed E-state index contributed by atoms with van der Waals surface area (Å²) in [7, 11) is 0. The number of amides is 1. The maximum Gasteiger partial charge on any atom is 0.270 e. The van der Waals surface area contributed by atoms with Crippen LogP contribution < -0.4 is 10.9 Å². The Bertz CT molecular complexity index is 1250. The van der Waals surface area contributed by atoms with Crippen LogP contribution in [0, 0.1) is 6.92 Å². The number of hydrogen-bond acceptors (Lipinski definition) is 4. The van der Waals surface area contributed by atoms with Crippen LogP contribution >= 0.6 is 0 Å². The van der Waals surface area contributed by atoms with Gasteiger partial charge in [-0.2, -0.15) is 0 Å². The maximum atomic E-state index is 12.8. The van der Waals surface area contributed by atoms with Gasteiger partial charge in [0, 0.05) is 41.9 Å². The summed E-state index contributed by atoms with van der Waals surface area (Å²) in [5, 5.41) is 3.05. The molecule has 2 aromatic rings. The lowest BCUT2D eigenvalue weighted by atomic mass is 9.90. The molecule has 5 rings (SSSR count). The maximum absolute atomic E-state index is 12.8. The number of nitrogens with zero attached hydrogens (tertiary/aromatic N) is 4. The number of carbonyl (C=O) groups excluding carboxylic acids is 1. The van der Waals surface area contributed by atoms with E-state index >= 15 is 0 Å². The van der Waals surface area contributed by atoms with Crippen molar-refractivity contribution in [2.75, 3.05) is 0 Å². The topological polar surface area (TPSA) is 81.3 Å². The van der Waals surface area contributed by atoms with E-state index in [2.05, 4.69) is 38.2 Å². The van der Waals surface area contributed by atoms with Crippen molar-refractivity contribution < 1.29 is 4.79 Å². The van der Waals surface area contributed by atoms with Gasteiger partial charge >= 0.3 is 0 Å². The first-order chi connectivity index (χ1) is 14.6. The number of carbonyl (C=O) groups is 1. The second-order valence-electron chi connectivity index (χ2n) is 7.96. The Kier molecular flexibility index (Phi) is 4.58. The van der Waals surface area contributed by atoms with Crippen molar-refractivity contribution in [1.29, 1.82) is 0 Å². The van der Waals surface area contributed by atoms with Crippen LogP contribution in [-0.4, -0.2) is 30.9 Å². The molecule has 2 aromatic heterocycles. The molecule has 0 atom stereocenters. The molecule has 1 aliphatic carbocycles. The van der Waals surface area contributed by atoms with Crippen LogP contribution in [0.1, 0.15) is 47.8 Å². The molecule has 1 amide bonds. The van der Waals surface area contributed by atoms with Gasteiger partial charge in [-0.05, 0) is 62.9 Å². The number of nitrogens with one attached hydrogen (secondary N) is 1. The summed E-state index contributed by atoms with van der Waals surface area (Å²) in [6, 6.07) is 12.0. The standard InChI is InChI=1S/C23H23N5O2/c1-15-4-2-6-20-25-14-19(23(30)28(15)20)22(29)26-17-7-9-18(10-8-17)27-13-3-5-16-11-12-24-21(16)27/h2-6,11-14,17-18H,7-10H2,1H3,(H,26,29). The van der Waals surface area contributed by atoms with Crippen molar-refractivity contribution in [2.45, 2.75) is 44.7 Å². The van der Waals surface area contributed by atoms with E-state index in [0.717, 1.165) is 42.8 Å². The van der Waals surface area contributed by atoms with Gasteiger partial charge in [-0.25, -0.2) is 9.97 Å². The smallest absolute Gasteiger partial charge is 0.270 e. The molecule has 30 heavy (non-hydrogen) atoms. The predicted octanol–water partition coefficient (Wildman–Crippen LogP) is 3.22. The number of fused-ring (bicyclic) bond motifs is 2. The minimum atomic E-state index is -0.346. The molecule has 0 radical (unpaired) electrons. The summed E-state index contributed by atoms with van der Waals surface area (Å²) in [6.07, 6.45) is 8.94. The highest BCUT2D eigenvalue weighted by Crippen LogP contribution is 2.32. The van der Waals surface area contributed by atoms with Crippen molar-refractivity contribution in [3.63, 3.8) is 0 Å². The summed E-state index contributed by atoms with van der Waals surface area (Å²) < 4.78 is 3.73. The number of rotatable bonds is 3. The van der Waals surface area contributed by atoms with Crippen LogP contribution in [0.2, 0.25) is 0 Å². The molecule has 1 saturated carbocycles. The fourth-order valence-corrected chi connectivity index (χ4v) is 4.48. The van der Waals surface area contributed by atoms with Crippen LogP contribution in [0.25, 0.3) is 17.0 Å². The molecule has 3 aliphatic rings. The van der Waals surface area contributed by atoms with E-state index in [-0.39, 0.29) is 23.1 Å². The van der Waals surface area contributed by atoms with Crippen molar-refractivity contribution >= 4 is 11.6 Å². The summed E-state index contributed by atoms with van der Waals surface area (Å²) in [4.78, 5) is 34.4. The van der Waals surface area contributed by atoms with E-state index in [1.54, 1.807) is 6.07 Å². The molecule has 0 unspecified atom stereocenters. The molecule has 0 aromatic carbocycles. The Morgan fingerprint density at radius 1 is 1.07 bits per heavy atom. The second kappa shape index (κ2) is 7.40. The first-order valence-corrected chi connectivity index (χ1v) is 10.3. The lowest BCUT2D eigenvalue weighted by Crippen LogP contribution is -2.40. The molecular formula is C23H23N5O2. The van der Waals surface area contributed by atoms with Crippen LogP contribution in [-0.2, 0) is 0 Å². The van der Waals surface area contributed by atoms with Gasteiger partial charge in [0.05, 0.1) is 0 Å². The summed E-state index contributed by atoms with van der Waals surface area (Å²) in [5.41, 5.74) is 2.21. The predicted molar refractivity (Wildman–Crippen MR) is 114 cm³/mol.